The van der Waals surface area contributed by atoms with Gasteiger partial charge in [-0.1, -0.05) is 18.2 Å². The first-order valence-electron chi connectivity index (χ1n) is 6.98. The second-order valence-electron chi connectivity index (χ2n) is 6.33. The summed E-state index contributed by atoms with van der Waals surface area (Å²) in [5, 5.41) is 10.7. The minimum atomic E-state index is -0.743. The average molecular weight is 267 g/mol. The van der Waals surface area contributed by atoms with E-state index in [0.29, 0.717) is 0 Å². The molecule has 0 aromatic rings. The zero-order chi connectivity index (χ0) is 12.9. The monoisotopic (exact) mass is 267 g/mol. The standard InChI is InChI=1S/C14H21NO2S/c1-8(16)14(2)13(17)15-12(18-14)7-11-6-9-3-4-10(11)5-9/h8-11,16H,3-7H2,1-2H3/t8-,9-,10+,11-,14-/m1/s1. The van der Waals surface area contributed by atoms with Crippen molar-refractivity contribution in [3.05, 3.63) is 0 Å². The SMILES string of the molecule is C[C@@H](O)[C@@]1(C)SC(C[C@H]2C[C@@H]3CC[C@H]2C3)=NC1=O. The molecule has 0 aromatic carbocycles. The number of hydrogen-bond acceptors (Lipinski definition) is 3. The Morgan fingerprint density at radius 2 is 2.28 bits per heavy atom. The molecule has 1 amide bonds. The molecule has 2 bridgehead atoms. The van der Waals surface area contributed by atoms with E-state index in [0.717, 1.165) is 29.2 Å². The predicted octanol–water partition coefficient (Wildman–Crippen LogP) is 2.62. The Kier molecular flexibility index (Phi) is 3.06. The molecule has 4 heteroatoms. The lowest BCUT2D eigenvalue weighted by molar-refractivity contribution is -0.121. The van der Waals surface area contributed by atoms with Crippen molar-refractivity contribution in [1.82, 2.24) is 0 Å². The van der Waals surface area contributed by atoms with Crippen LogP contribution in [0.2, 0.25) is 0 Å². The van der Waals surface area contributed by atoms with Gasteiger partial charge in [0.2, 0.25) is 0 Å². The second kappa shape index (κ2) is 4.34. The van der Waals surface area contributed by atoms with E-state index in [1.54, 1.807) is 6.92 Å². The van der Waals surface area contributed by atoms with Crippen LogP contribution in [0.5, 0.6) is 0 Å². The number of aliphatic hydroxyl groups is 1. The van der Waals surface area contributed by atoms with E-state index in [2.05, 4.69) is 4.99 Å². The van der Waals surface area contributed by atoms with Gasteiger partial charge in [0.25, 0.3) is 5.91 Å². The average Bonchev–Trinajstić information content (AvgIpc) is 2.95. The van der Waals surface area contributed by atoms with Crippen LogP contribution in [0, 0.1) is 17.8 Å². The Balaban J connectivity index is 1.65. The van der Waals surface area contributed by atoms with Crippen LogP contribution < -0.4 is 0 Å². The molecule has 18 heavy (non-hydrogen) atoms. The third kappa shape index (κ3) is 1.94. The van der Waals surface area contributed by atoms with Gasteiger partial charge in [-0.25, -0.2) is 4.99 Å². The first-order chi connectivity index (χ1) is 8.49. The number of thioether (sulfide) groups is 1. The fourth-order valence-corrected chi connectivity index (χ4v) is 4.96. The second-order valence-corrected chi connectivity index (χ2v) is 7.86. The van der Waals surface area contributed by atoms with Crippen molar-refractivity contribution in [2.45, 2.75) is 56.8 Å². The summed E-state index contributed by atoms with van der Waals surface area (Å²) in [4.78, 5) is 16.1. The maximum atomic E-state index is 11.9. The van der Waals surface area contributed by atoms with Crippen molar-refractivity contribution < 1.29 is 9.90 Å². The summed E-state index contributed by atoms with van der Waals surface area (Å²) in [5.41, 5.74) is 0. The summed E-state index contributed by atoms with van der Waals surface area (Å²) in [6.45, 7) is 3.49. The highest BCUT2D eigenvalue weighted by Gasteiger charge is 2.47. The molecule has 0 saturated heterocycles. The van der Waals surface area contributed by atoms with Crippen molar-refractivity contribution in [1.29, 1.82) is 0 Å². The molecule has 2 aliphatic carbocycles. The number of carbonyl (C=O) groups excluding carboxylic acids is 1. The van der Waals surface area contributed by atoms with E-state index >= 15 is 0 Å². The highest BCUT2D eigenvalue weighted by atomic mass is 32.2. The predicted molar refractivity (Wildman–Crippen MR) is 73.7 cm³/mol. The van der Waals surface area contributed by atoms with Gasteiger partial charge in [0.1, 0.15) is 4.75 Å². The number of carbonyl (C=O) groups is 1. The van der Waals surface area contributed by atoms with E-state index < -0.39 is 10.9 Å². The fourth-order valence-electron chi connectivity index (χ4n) is 3.74. The summed E-state index contributed by atoms with van der Waals surface area (Å²) in [7, 11) is 0. The molecule has 2 fully saturated rings. The lowest BCUT2D eigenvalue weighted by Gasteiger charge is -2.25. The Morgan fingerprint density at radius 1 is 1.50 bits per heavy atom. The third-order valence-corrected chi connectivity index (χ3v) is 6.53. The Bertz CT molecular complexity index is 407. The van der Waals surface area contributed by atoms with Gasteiger partial charge in [-0.3, -0.25) is 4.79 Å². The Labute approximate surface area is 112 Å². The largest absolute Gasteiger partial charge is 0.391 e. The van der Waals surface area contributed by atoms with Crippen molar-refractivity contribution in [2.24, 2.45) is 22.7 Å². The molecule has 1 aliphatic heterocycles. The smallest absolute Gasteiger partial charge is 0.265 e. The molecule has 5 atom stereocenters. The molecule has 0 spiro atoms. The number of nitrogens with zero attached hydrogens (tertiary/aromatic N) is 1. The summed E-state index contributed by atoms with van der Waals surface area (Å²) in [6.07, 6.45) is 5.81. The molecule has 3 aliphatic rings. The highest BCUT2D eigenvalue weighted by molar-refractivity contribution is 8.16. The summed E-state index contributed by atoms with van der Waals surface area (Å²) >= 11 is 1.49. The van der Waals surface area contributed by atoms with Crippen LogP contribution in [0.15, 0.2) is 4.99 Å². The number of rotatable bonds is 3. The van der Waals surface area contributed by atoms with Crippen LogP contribution >= 0.6 is 11.8 Å². The normalized spacial score (nSPS) is 44.5. The van der Waals surface area contributed by atoms with Gasteiger partial charge in [0.15, 0.2) is 0 Å². The summed E-state index contributed by atoms with van der Waals surface area (Å²) in [5.74, 6) is 2.39. The van der Waals surface area contributed by atoms with Crippen molar-refractivity contribution in [3.8, 4) is 0 Å². The maximum Gasteiger partial charge on any atom is 0.265 e. The molecule has 100 valence electrons. The molecule has 0 aromatic heterocycles. The molecule has 1 heterocycles. The van der Waals surface area contributed by atoms with E-state index in [1.165, 1.54) is 37.4 Å². The number of aliphatic imine (C=N–C) groups is 1. The molecule has 3 rings (SSSR count). The Morgan fingerprint density at radius 3 is 2.78 bits per heavy atom. The zero-order valence-electron chi connectivity index (χ0n) is 11.1. The lowest BCUT2D eigenvalue weighted by atomic mass is 9.87. The van der Waals surface area contributed by atoms with E-state index in [4.69, 9.17) is 0 Å². The van der Waals surface area contributed by atoms with Crippen LogP contribution in [-0.2, 0) is 4.79 Å². The van der Waals surface area contributed by atoms with Crippen LogP contribution in [-0.4, -0.2) is 26.9 Å². The first kappa shape index (κ1) is 12.7. The summed E-state index contributed by atoms with van der Waals surface area (Å²) < 4.78 is -0.743. The Hall–Kier alpha value is -0.350. The van der Waals surface area contributed by atoms with Crippen LogP contribution in [0.3, 0.4) is 0 Å². The molecule has 2 saturated carbocycles. The highest BCUT2D eigenvalue weighted by Crippen LogP contribution is 2.51. The zero-order valence-corrected chi connectivity index (χ0v) is 11.9. The van der Waals surface area contributed by atoms with E-state index in [1.807, 2.05) is 6.92 Å². The van der Waals surface area contributed by atoms with Gasteiger partial charge in [0.05, 0.1) is 11.1 Å². The maximum absolute atomic E-state index is 11.9. The molecular weight excluding hydrogens is 246 g/mol. The van der Waals surface area contributed by atoms with Crippen molar-refractivity contribution in [3.63, 3.8) is 0 Å². The van der Waals surface area contributed by atoms with Crippen LogP contribution in [0.25, 0.3) is 0 Å². The van der Waals surface area contributed by atoms with Crippen LogP contribution in [0.4, 0.5) is 0 Å². The van der Waals surface area contributed by atoms with Crippen molar-refractivity contribution >= 4 is 22.7 Å². The molecule has 1 N–H and O–H groups in total. The number of fused-ring (bicyclic) bond motifs is 2. The first-order valence-corrected chi connectivity index (χ1v) is 7.79. The molecule has 3 nitrogen and oxygen atoms in total. The van der Waals surface area contributed by atoms with Crippen LogP contribution in [0.1, 0.15) is 46.0 Å². The van der Waals surface area contributed by atoms with Gasteiger partial charge in [-0.15, -0.1) is 0 Å². The third-order valence-electron chi connectivity index (χ3n) is 5.10. The number of aliphatic hydroxyl groups excluding tert-OH is 1. The number of hydrogen-bond donors (Lipinski definition) is 1. The lowest BCUT2D eigenvalue weighted by Crippen LogP contribution is -2.38. The number of amides is 1. The van der Waals surface area contributed by atoms with E-state index in [9.17, 15) is 9.90 Å². The molecule has 0 radical (unpaired) electrons. The van der Waals surface area contributed by atoms with Crippen molar-refractivity contribution in [2.75, 3.05) is 0 Å². The topological polar surface area (TPSA) is 49.7 Å². The van der Waals surface area contributed by atoms with Gasteiger partial charge in [0, 0.05) is 0 Å². The van der Waals surface area contributed by atoms with E-state index in [-0.39, 0.29) is 5.91 Å². The van der Waals surface area contributed by atoms with Gasteiger partial charge >= 0.3 is 0 Å². The van der Waals surface area contributed by atoms with Gasteiger partial charge in [-0.05, 0) is 57.3 Å². The molecule has 0 unspecified atom stereocenters. The molecular formula is C14H21NO2S. The minimum absolute atomic E-state index is 0.152. The quantitative estimate of drug-likeness (QED) is 0.855. The fraction of sp³-hybridized carbons (Fsp3) is 0.857. The minimum Gasteiger partial charge on any atom is -0.391 e. The summed E-state index contributed by atoms with van der Waals surface area (Å²) in [6, 6.07) is 0. The van der Waals surface area contributed by atoms with Gasteiger partial charge < -0.3 is 5.11 Å². The van der Waals surface area contributed by atoms with Gasteiger partial charge in [-0.2, -0.15) is 0 Å².